The number of rotatable bonds is 5. The standard InChI is InChI=1S/C22H20Cl3NO2/c1-14-19(24)7-4-8-21(14)26(17-6-3-5-15(11-17)13-28-2)22(27)18-12-16(23)9-10-20(18)25/h3-10,12,15H,11,13H2,1-2H3. The lowest BCUT2D eigenvalue weighted by Gasteiger charge is -2.31. The van der Waals surface area contributed by atoms with Crippen LogP contribution in [0.4, 0.5) is 5.69 Å². The number of amides is 1. The minimum Gasteiger partial charge on any atom is -0.384 e. The molecule has 1 aliphatic rings. The Morgan fingerprint density at radius 1 is 1.18 bits per heavy atom. The molecule has 1 amide bonds. The molecule has 3 rings (SSSR count). The number of hydrogen-bond acceptors (Lipinski definition) is 2. The monoisotopic (exact) mass is 435 g/mol. The highest BCUT2D eigenvalue weighted by molar-refractivity contribution is 6.36. The highest BCUT2D eigenvalue weighted by atomic mass is 35.5. The van der Waals surface area contributed by atoms with Gasteiger partial charge in [-0.25, -0.2) is 0 Å². The van der Waals surface area contributed by atoms with Crippen molar-refractivity contribution in [1.29, 1.82) is 0 Å². The van der Waals surface area contributed by atoms with Gasteiger partial charge in [-0.1, -0.05) is 53.0 Å². The lowest BCUT2D eigenvalue weighted by molar-refractivity contribution is 0.0992. The van der Waals surface area contributed by atoms with Gasteiger partial charge in [-0.15, -0.1) is 0 Å². The van der Waals surface area contributed by atoms with Gasteiger partial charge in [0.25, 0.3) is 5.91 Å². The van der Waals surface area contributed by atoms with Crippen LogP contribution in [0.1, 0.15) is 22.3 Å². The number of carbonyl (C=O) groups excluding carboxylic acids is 1. The first-order valence-corrected chi connectivity index (χ1v) is 9.96. The molecule has 2 aromatic rings. The lowest BCUT2D eigenvalue weighted by Crippen LogP contribution is -2.33. The van der Waals surface area contributed by atoms with Crippen molar-refractivity contribution in [2.24, 2.45) is 5.92 Å². The summed E-state index contributed by atoms with van der Waals surface area (Å²) in [5.74, 6) is -0.0785. The molecule has 2 aromatic carbocycles. The Morgan fingerprint density at radius 2 is 1.96 bits per heavy atom. The van der Waals surface area contributed by atoms with Gasteiger partial charge in [0.05, 0.1) is 22.9 Å². The van der Waals surface area contributed by atoms with Crippen LogP contribution < -0.4 is 4.90 Å². The van der Waals surface area contributed by atoms with Crippen LogP contribution >= 0.6 is 34.8 Å². The van der Waals surface area contributed by atoms with E-state index in [1.54, 1.807) is 36.3 Å². The van der Waals surface area contributed by atoms with Gasteiger partial charge in [0.15, 0.2) is 0 Å². The first-order chi connectivity index (χ1) is 13.4. The molecule has 1 unspecified atom stereocenters. The molecule has 0 saturated heterocycles. The van der Waals surface area contributed by atoms with E-state index in [1.807, 2.05) is 31.2 Å². The molecule has 146 valence electrons. The highest BCUT2D eigenvalue weighted by Crippen LogP contribution is 2.35. The lowest BCUT2D eigenvalue weighted by atomic mass is 9.97. The van der Waals surface area contributed by atoms with Crippen molar-refractivity contribution in [3.8, 4) is 0 Å². The van der Waals surface area contributed by atoms with Crippen molar-refractivity contribution in [2.45, 2.75) is 13.3 Å². The Labute approximate surface area is 180 Å². The number of anilines is 1. The van der Waals surface area contributed by atoms with Gasteiger partial charge in [-0.3, -0.25) is 9.69 Å². The zero-order valence-electron chi connectivity index (χ0n) is 15.6. The molecule has 0 fully saturated rings. The maximum Gasteiger partial charge on any atom is 0.264 e. The van der Waals surface area contributed by atoms with Crippen LogP contribution in [0.25, 0.3) is 0 Å². The first kappa shape index (κ1) is 20.9. The summed E-state index contributed by atoms with van der Waals surface area (Å²) < 4.78 is 5.30. The van der Waals surface area contributed by atoms with E-state index < -0.39 is 0 Å². The Hall–Kier alpha value is -1.78. The smallest absolute Gasteiger partial charge is 0.264 e. The normalized spacial score (nSPS) is 16.0. The van der Waals surface area contributed by atoms with Gasteiger partial charge >= 0.3 is 0 Å². The number of methoxy groups -OCH3 is 1. The molecule has 0 heterocycles. The van der Waals surface area contributed by atoms with E-state index in [4.69, 9.17) is 39.5 Å². The van der Waals surface area contributed by atoms with Gasteiger partial charge in [0.2, 0.25) is 0 Å². The Kier molecular flexibility index (Phi) is 6.84. The third kappa shape index (κ3) is 4.44. The molecule has 0 bridgehead atoms. The van der Waals surface area contributed by atoms with Crippen molar-refractivity contribution >= 4 is 46.4 Å². The molecule has 3 nitrogen and oxygen atoms in total. The number of halogens is 3. The fraction of sp³-hybridized carbons (Fsp3) is 0.227. The summed E-state index contributed by atoms with van der Waals surface area (Å²) in [5, 5.41) is 1.39. The van der Waals surface area contributed by atoms with Crippen molar-refractivity contribution in [2.75, 3.05) is 18.6 Å². The van der Waals surface area contributed by atoms with E-state index in [-0.39, 0.29) is 11.8 Å². The van der Waals surface area contributed by atoms with E-state index in [2.05, 4.69) is 6.08 Å². The summed E-state index contributed by atoms with van der Waals surface area (Å²) in [6.07, 6.45) is 6.61. The molecule has 0 spiro atoms. The third-order valence-corrected chi connectivity index (χ3v) is 5.63. The maximum absolute atomic E-state index is 13.6. The molecular weight excluding hydrogens is 417 g/mol. The summed E-state index contributed by atoms with van der Waals surface area (Å²) in [6, 6.07) is 10.4. The van der Waals surface area contributed by atoms with Crippen LogP contribution in [0.15, 0.2) is 60.3 Å². The predicted molar refractivity (Wildman–Crippen MR) is 117 cm³/mol. The minimum absolute atomic E-state index is 0.176. The average molecular weight is 437 g/mol. The molecule has 0 radical (unpaired) electrons. The van der Waals surface area contributed by atoms with Gasteiger partial charge in [0, 0.05) is 28.8 Å². The van der Waals surface area contributed by atoms with Gasteiger partial charge in [-0.05, 0) is 55.3 Å². The number of allylic oxidation sites excluding steroid dienone is 3. The second-order valence-electron chi connectivity index (χ2n) is 6.61. The van der Waals surface area contributed by atoms with E-state index in [1.165, 1.54) is 0 Å². The molecule has 6 heteroatoms. The van der Waals surface area contributed by atoms with E-state index in [9.17, 15) is 4.79 Å². The van der Waals surface area contributed by atoms with Crippen LogP contribution in [-0.2, 0) is 4.74 Å². The summed E-state index contributed by atoms with van der Waals surface area (Å²) in [7, 11) is 1.67. The summed E-state index contributed by atoms with van der Waals surface area (Å²) >= 11 is 18.8. The Bertz CT molecular complexity index is 953. The molecule has 0 aliphatic heterocycles. The molecule has 0 aromatic heterocycles. The van der Waals surface area contributed by atoms with E-state index in [0.29, 0.717) is 39.3 Å². The van der Waals surface area contributed by atoms with Crippen molar-refractivity contribution in [3.05, 3.63) is 86.5 Å². The van der Waals surface area contributed by atoms with Crippen LogP contribution in [-0.4, -0.2) is 19.6 Å². The van der Waals surface area contributed by atoms with E-state index >= 15 is 0 Å². The fourth-order valence-corrected chi connectivity index (χ4v) is 3.78. The number of benzene rings is 2. The second kappa shape index (κ2) is 9.15. The highest BCUT2D eigenvalue weighted by Gasteiger charge is 2.27. The quantitative estimate of drug-likeness (QED) is 0.521. The van der Waals surface area contributed by atoms with Gasteiger partial charge < -0.3 is 4.74 Å². The molecule has 1 aliphatic carbocycles. The minimum atomic E-state index is -0.254. The first-order valence-electron chi connectivity index (χ1n) is 8.83. The zero-order chi connectivity index (χ0) is 20.3. The van der Waals surface area contributed by atoms with Crippen molar-refractivity contribution in [3.63, 3.8) is 0 Å². The maximum atomic E-state index is 13.6. The van der Waals surface area contributed by atoms with Crippen LogP contribution in [0.3, 0.4) is 0 Å². The topological polar surface area (TPSA) is 29.5 Å². The molecule has 28 heavy (non-hydrogen) atoms. The van der Waals surface area contributed by atoms with Crippen molar-refractivity contribution < 1.29 is 9.53 Å². The molecule has 0 N–H and O–H groups in total. The molecular formula is C22H20Cl3NO2. The number of nitrogens with zero attached hydrogens (tertiary/aromatic N) is 1. The van der Waals surface area contributed by atoms with Crippen LogP contribution in [0.5, 0.6) is 0 Å². The van der Waals surface area contributed by atoms with Gasteiger partial charge in [-0.2, -0.15) is 0 Å². The van der Waals surface area contributed by atoms with Crippen LogP contribution in [0.2, 0.25) is 15.1 Å². The third-order valence-electron chi connectivity index (χ3n) is 4.65. The molecule has 1 atom stereocenters. The van der Waals surface area contributed by atoms with E-state index in [0.717, 1.165) is 11.3 Å². The fourth-order valence-electron chi connectivity index (χ4n) is 3.24. The number of hydrogen-bond donors (Lipinski definition) is 0. The summed E-state index contributed by atoms with van der Waals surface area (Å²) in [5.41, 5.74) is 2.71. The SMILES string of the molecule is COCC1C=CC=C(N(C(=O)c2cc(Cl)ccc2Cl)c2cccc(Cl)c2C)C1. The number of ether oxygens (including phenoxy) is 1. The summed E-state index contributed by atoms with van der Waals surface area (Å²) in [6.45, 7) is 2.46. The average Bonchev–Trinajstić information content (AvgIpc) is 2.68. The second-order valence-corrected chi connectivity index (χ2v) is 7.86. The van der Waals surface area contributed by atoms with Gasteiger partial charge in [0.1, 0.15) is 0 Å². The Balaban J connectivity index is 2.11. The summed E-state index contributed by atoms with van der Waals surface area (Å²) in [4.78, 5) is 15.3. The largest absolute Gasteiger partial charge is 0.384 e. The Morgan fingerprint density at radius 3 is 2.71 bits per heavy atom. The van der Waals surface area contributed by atoms with Crippen molar-refractivity contribution in [1.82, 2.24) is 0 Å². The zero-order valence-corrected chi connectivity index (χ0v) is 17.9. The number of carbonyl (C=O) groups is 1. The molecule has 0 saturated carbocycles. The predicted octanol–water partition coefficient (Wildman–Crippen LogP) is 6.71. The van der Waals surface area contributed by atoms with Crippen LogP contribution in [0, 0.1) is 12.8 Å².